The van der Waals surface area contributed by atoms with Crippen LogP contribution in [-0.4, -0.2) is 14.5 Å². The first-order valence-electron chi connectivity index (χ1n) is 6.61. The minimum absolute atomic E-state index is 0.0514. The summed E-state index contributed by atoms with van der Waals surface area (Å²) in [5.41, 5.74) is 0.207. The van der Waals surface area contributed by atoms with E-state index in [0.717, 1.165) is 19.3 Å². The van der Waals surface area contributed by atoms with Gasteiger partial charge in [0.15, 0.2) is 0 Å². The lowest BCUT2D eigenvalue weighted by Gasteiger charge is -2.22. The van der Waals surface area contributed by atoms with Crippen molar-refractivity contribution in [3.63, 3.8) is 0 Å². The van der Waals surface area contributed by atoms with Crippen molar-refractivity contribution in [3.05, 3.63) is 29.8 Å². The molecule has 5 heteroatoms. The molecule has 19 heavy (non-hydrogen) atoms. The summed E-state index contributed by atoms with van der Waals surface area (Å²) in [7, 11) is -3.58. The van der Waals surface area contributed by atoms with Crippen molar-refractivity contribution in [2.75, 3.05) is 0 Å². The van der Waals surface area contributed by atoms with Gasteiger partial charge in [-0.15, -0.1) is 0 Å². The molecule has 0 aliphatic heterocycles. The number of nitriles is 1. The van der Waals surface area contributed by atoms with Gasteiger partial charge in [0, 0.05) is 6.04 Å². The Balaban J connectivity index is 1.85. The number of rotatable bonds is 3. The van der Waals surface area contributed by atoms with Crippen LogP contribution in [-0.2, 0) is 10.0 Å². The van der Waals surface area contributed by atoms with E-state index >= 15 is 0 Å². The third-order valence-electron chi connectivity index (χ3n) is 4.34. The van der Waals surface area contributed by atoms with Crippen LogP contribution < -0.4 is 4.72 Å². The van der Waals surface area contributed by atoms with Crippen LogP contribution in [0.25, 0.3) is 0 Å². The zero-order valence-electron chi connectivity index (χ0n) is 10.5. The average molecular weight is 276 g/mol. The van der Waals surface area contributed by atoms with E-state index in [9.17, 15) is 8.42 Å². The fraction of sp³-hybridized carbons (Fsp3) is 0.500. The minimum atomic E-state index is -3.58. The molecule has 0 radical (unpaired) electrons. The highest BCUT2D eigenvalue weighted by Gasteiger charge is 2.41. The van der Waals surface area contributed by atoms with E-state index in [1.54, 1.807) is 12.1 Å². The van der Waals surface area contributed by atoms with Gasteiger partial charge in [-0.1, -0.05) is 18.6 Å². The molecule has 0 spiro atoms. The molecule has 0 aromatic heterocycles. The molecule has 2 bridgehead atoms. The highest BCUT2D eigenvalue weighted by atomic mass is 32.2. The second kappa shape index (κ2) is 4.62. The van der Waals surface area contributed by atoms with E-state index in [0.29, 0.717) is 11.8 Å². The van der Waals surface area contributed by atoms with E-state index in [4.69, 9.17) is 5.26 Å². The van der Waals surface area contributed by atoms with E-state index in [1.165, 1.54) is 18.6 Å². The number of nitrogens with one attached hydrogen (secondary N) is 1. The molecule has 0 amide bonds. The largest absolute Gasteiger partial charge is 0.242 e. The summed E-state index contributed by atoms with van der Waals surface area (Å²) < 4.78 is 27.6. The van der Waals surface area contributed by atoms with Crippen molar-refractivity contribution >= 4 is 10.0 Å². The predicted molar refractivity (Wildman–Crippen MR) is 70.7 cm³/mol. The molecule has 2 fully saturated rings. The van der Waals surface area contributed by atoms with Gasteiger partial charge >= 0.3 is 0 Å². The topological polar surface area (TPSA) is 70.0 Å². The van der Waals surface area contributed by atoms with Crippen molar-refractivity contribution in [2.45, 2.75) is 36.6 Å². The van der Waals surface area contributed by atoms with Crippen LogP contribution >= 0.6 is 0 Å². The first kappa shape index (κ1) is 12.6. The summed E-state index contributed by atoms with van der Waals surface area (Å²) in [6.07, 6.45) is 4.45. The molecule has 3 unspecified atom stereocenters. The maximum absolute atomic E-state index is 12.4. The maximum atomic E-state index is 12.4. The second-order valence-corrected chi connectivity index (χ2v) is 7.19. The van der Waals surface area contributed by atoms with Crippen molar-refractivity contribution in [3.8, 4) is 6.07 Å². The zero-order chi connectivity index (χ0) is 13.5. The molecule has 2 aliphatic rings. The first-order chi connectivity index (χ1) is 9.10. The molecule has 100 valence electrons. The second-order valence-electron chi connectivity index (χ2n) is 5.51. The normalized spacial score (nSPS) is 29.3. The summed E-state index contributed by atoms with van der Waals surface area (Å²) in [5, 5.41) is 9.01. The quantitative estimate of drug-likeness (QED) is 0.918. The van der Waals surface area contributed by atoms with Gasteiger partial charge in [-0.3, -0.25) is 0 Å². The first-order valence-corrected chi connectivity index (χ1v) is 8.10. The average Bonchev–Trinajstić information content (AvgIpc) is 3.00. The summed E-state index contributed by atoms with van der Waals surface area (Å²) >= 11 is 0. The number of hydrogen-bond donors (Lipinski definition) is 1. The Morgan fingerprint density at radius 2 is 2.00 bits per heavy atom. The van der Waals surface area contributed by atoms with E-state index in [-0.39, 0.29) is 16.5 Å². The standard InChI is InChI=1S/C14H16N2O2S/c15-9-12-3-1-2-4-14(12)19(17,18)16-13-8-10-5-6-11(13)7-10/h1-4,10-11,13,16H,5-8H2. The van der Waals surface area contributed by atoms with Gasteiger partial charge < -0.3 is 0 Å². The molecular formula is C14H16N2O2S. The van der Waals surface area contributed by atoms with Gasteiger partial charge in [-0.25, -0.2) is 13.1 Å². The van der Waals surface area contributed by atoms with Crippen LogP contribution in [0, 0.1) is 23.2 Å². The molecule has 2 saturated carbocycles. The summed E-state index contributed by atoms with van der Waals surface area (Å²) in [4.78, 5) is 0.0975. The summed E-state index contributed by atoms with van der Waals surface area (Å²) in [5.74, 6) is 1.16. The van der Waals surface area contributed by atoms with Crippen LogP contribution in [0.5, 0.6) is 0 Å². The third kappa shape index (κ3) is 2.26. The van der Waals surface area contributed by atoms with Gasteiger partial charge in [0.2, 0.25) is 10.0 Å². The van der Waals surface area contributed by atoms with Crippen LogP contribution in [0.4, 0.5) is 0 Å². The lowest BCUT2D eigenvalue weighted by Crippen LogP contribution is -2.38. The van der Waals surface area contributed by atoms with Crippen LogP contribution in [0.15, 0.2) is 29.2 Å². The number of nitrogens with zero attached hydrogens (tertiary/aromatic N) is 1. The lowest BCUT2D eigenvalue weighted by atomic mass is 9.96. The molecule has 2 aliphatic carbocycles. The molecule has 1 aromatic carbocycles. The van der Waals surface area contributed by atoms with Crippen molar-refractivity contribution in [1.82, 2.24) is 4.72 Å². The highest BCUT2D eigenvalue weighted by Crippen LogP contribution is 2.44. The van der Waals surface area contributed by atoms with Crippen molar-refractivity contribution in [2.24, 2.45) is 11.8 Å². The molecule has 1 aromatic rings. The Bertz CT molecular complexity index is 633. The number of hydrogen-bond acceptors (Lipinski definition) is 3. The predicted octanol–water partition coefficient (Wildman–Crippen LogP) is 2.03. The Morgan fingerprint density at radius 3 is 2.63 bits per heavy atom. The fourth-order valence-electron chi connectivity index (χ4n) is 3.45. The molecule has 0 heterocycles. The van der Waals surface area contributed by atoms with E-state index in [2.05, 4.69) is 4.72 Å². The Morgan fingerprint density at radius 1 is 1.21 bits per heavy atom. The van der Waals surface area contributed by atoms with E-state index < -0.39 is 10.0 Å². The van der Waals surface area contributed by atoms with Gasteiger partial charge in [0.1, 0.15) is 6.07 Å². The van der Waals surface area contributed by atoms with Crippen molar-refractivity contribution in [1.29, 1.82) is 5.26 Å². The molecule has 1 N–H and O–H groups in total. The fourth-order valence-corrected chi connectivity index (χ4v) is 4.92. The number of sulfonamides is 1. The zero-order valence-corrected chi connectivity index (χ0v) is 11.4. The molecular weight excluding hydrogens is 260 g/mol. The highest BCUT2D eigenvalue weighted by molar-refractivity contribution is 7.89. The van der Waals surface area contributed by atoms with Gasteiger partial charge in [0.25, 0.3) is 0 Å². The Hall–Kier alpha value is -1.38. The molecule has 3 rings (SSSR count). The van der Waals surface area contributed by atoms with Crippen LogP contribution in [0.3, 0.4) is 0 Å². The van der Waals surface area contributed by atoms with E-state index in [1.807, 2.05) is 6.07 Å². The Labute approximate surface area is 113 Å². The van der Waals surface area contributed by atoms with Crippen LogP contribution in [0.2, 0.25) is 0 Å². The number of fused-ring (bicyclic) bond motifs is 2. The smallest absolute Gasteiger partial charge is 0.208 e. The van der Waals surface area contributed by atoms with Crippen molar-refractivity contribution < 1.29 is 8.42 Å². The van der Waals surface area contributed by atoms with Crippen LogP contribution in [0.1, 0.15) is 31.2 Å². The third-order valence-corrected chi connectivity index (χ3v) is 5.89. The summed E-state index contributed by atoms with van der Waals surface area (Å²) in [6, 6.07) is 8.35. The maximum Gasteiger partial charge on any atom is 0.242 e. The lowest BCUT2D eigenvalue weighted by molar-refractivity contribution is 0.390. The number of benzene rings is 1. The molecule has 4 nitrogen and oxygen atoms in total. The molecule has 0 saturated heterocycles. The van der Waals surface area contributed by atoms with Gasteiger partial charge in [-0.2, -0.15) is 5.26 Å². The Kier molecular flexibility index (Phi) is 3.08. The van der Waals surface area contributed by atoms with Gasteiger partial charge in [0.05, 0.1) is 10.5 Å². The monoisotopic (exact) mass is 276 g/mol. The van der Waals surface area contributed by atoms with Gasteiger partial charge in [-0.05, 0) is 43.2 Å². The molecule has 3 atom stereocenters. The minimum Gasteiger partial charge on any atom is -0.208 e. The SMILES string of the molecule is N#Cc1ccccc1S(=O)(=O)NC1CC2CCC1C2. The summed E-state index contributed by atoms with van der Waals surface area (Å²) in [6.45, 7) is 0.